The van der Waals surface area contributed by atoms with Gasteiger partial charge in [-0.3, -0.25) is 47.9 Å². The maximum atomic E-state index is 13.8. The standard InChI is InChI=1S/C42H77N13O16/c1-20(2)31(40(68)52-28(18-58)38(66)49-24(10-6-8-14-43)35(63)53-29(19-59)42(70)71)55-41(69)32(21(3)4)54-36(64)25(11-7-9-15-44)48-33(61)22(5)47-37(65)26(16-56)51-39(67)27(17-57)50-34(62)23(45)12-13-30(46)60/h20-29,31-32,56-59H,6-19,43-45H2,1-5H3,(H2,46,60)(H,47,65)(H,48,61)(H,49,66)(H,50,62)(H,51,67)(H,52,68)(H,53,63)(H,54,64)(H,55,69)(H,70,71)/t22-,23-,24-,25-,26-,27-,28-,29-,31-,32-/m0/s1. The zero-order chi connectivity index (χ0) is 54.5. The van der Waals surface area contributed by atoms with Crippen LogP contribution in [0.4, 0.5) is 0 Å². The van der Waals surface area contributed by atoms with Crippen LogP contribution < -0.4 is 70.8 Å². The summed E-state index contributed by atoms with van der Waals surface area (Å²) in [5.41, 5.74) is 21.9. The van der Waals surface area contributed by atoms with Gasteiger partial charge in [-0.05, 0) is 76.8 Å². The summed E-state index contributed by atoms with van der Waals surface area (Å²) in [4.78, 5) is 142. The van der Waals surface area contributed by atoms with E-state index in [0.29, 0.717) is 25.7 Å². The first-order chi connectivity index (χ1) is 33.3. The lowest BCUT2D eigenvalue weighted by atomic mass is 9.98. The number of carbonyl (C=O) groups is 11. The molecule has 0 aliphatic rings. The van der Waals surface area contributed by atoms with E-state index in [0.717, 1.165) is 0 Å². The Morgan fingerprint density at radius 1 is 0.408 bits per heavy atom. The van der Waals surface area contributed by atoms with Crippen LogP contribution in [-0.2, 0) is 52.7 Å². The molecule has 0 aromatic heterocycles. The fourth-order valence-corrected chi connectivity index (χ4v) is 6.32. The molecule has 0 aromatic rings. The normalized spacial score (nSPS) is 15.4. The molecule has 29 nitrogen and oxygen atoms in total. The van der Waals surface area contributed by atoms with E-state index in [4.69, 9.17) is 22.9 Å². The quantitative estimate of drug-likeness (QED) is 0.0259. The van der Waals surface area contributed by atoms with Gasteiger partial charge in [-0.2, -0.15) is 0 Å². The molecular formula is C42H77N13O16. The molecule has 0 bridgehead atoms. The van der Waals surface area contributed by atoms with Gasteiger partial charge >= 0.3 is 5.97 Å². The van der Waals surface area contributed by atoms with Crippen molar-refractivity contribution in [2.45, 2.75) is 146 Å². The summed E-state index contributed by atoms with van der Waals surface area (Å²) in [6.45, 7) is 4.07. The SMILES string of the molecule is CC(C)[C@H](NC(=O)[C@H](CCCCN)NC(=O)[C@H](C)NC(=O)[C@H](CO)NC(=O)[C@H](CO)NC(=O)[C@@H](N)CCC(N)=O)C(=O)N[C@H](C(=O)N[C@@H](CO)C(=O)N[C@@H](CCCCN)C(=O)N[C@@H](CO)C(=O)O)C(C)C. The number of hydrogen-bond donors (Lipinski definition) is 18. The number of unbranched alkanes of at least 4 members (excludes halogenated alkanes) is 2. The van der Waals surface area contributed by atoms with Crippen molar-refractivity contribution in [1.82, 2.24) is 47.9 Å². The second-order valence-corrected chi connectivity index (χ2v) is 17.3. The number of carboxylic acid groups (broad SMARTS) is 1. The Labute approximate surface area is 411 Å². The first kappa shape index (κ1) is 64.9. The predicted octanol–water partition coefficient (Wildman–Crippen LogP) is -8.41. The number of hydrogen-bond acceptors (Lipinski definition) is 18. The minimum Gasteiger partial charge on any atom is -0.480 e. The van der Waals surface area contributed by atoms with Crippen LogP contribution in [0.3, 0.4) is 0 Å². The molecule has 0 spiro atoms. The fraction of sp³-hybridized carbons (Fsp3) is 0.738. The van der Waals surface area contributed by atoms with Gasteiger partial charge in [0, 0.05) is 6.42 Å². The van der Waals surface area contributed by atoms with Crippen molar-refractivity contribution in [1.29, 1.82) is 0 Å². The zero-order valence-corrected chi connectivity index (χ0v) is 40.9. The maximum Gasteiger partial charge on any atom is 0.328 e. The number of aliphatic hydroxyl groups is 4. The van der Waals surface area contributed by atoms with Gasteiger partial charge in [0.1, 0.15) is 54.4 Å². The molecule has 0 aromatic carbocycles. The minimum atomic E-state index is -1.71. The summed E-state index contributed by atoms with van der Waals surface area (Å²) in [6.07, 6.45) is 1.04. The maximum absolute atomic E-state index is 13.8. The topological polar surface area (TPSA) is 501 Å². The molecule has 22 N–H and O–H groups in total. The van der Waals surface area contributed by atoms with Crippen molar-refractivity contribution in [2.24, 2.45) is 34.8 Å². The number of amides is 10. The van der Waals surface area contributed by atoms with E-state index >= 15 is 0 Å². The number of aliphatic hydroxyl groups excluding tert-OH is 4. The Kier molecular flexibility index (Phi) is 31.3. The molecule has 0 unspecified atom stereocenters. The van der Waals surface area contributed by atoms with Gasteiger partial charge in [-0.15, -0.1) is 0 Å². The van der Waals surface area contributed by atoms with Crippen molar-refractivity contribution in [3.63, 3.8) is 0 Å². The van der Waals surface area contributed by atoms with E-state index in [1.165, 1.54) is 6.92 Å². The van der Waals surface area contributed by atoms with Crippen LogP contribution in [0.15, 0.2) is 0 Å². The average molecular weight is 1020 g/mol. The van der Waals surface area contributed by atoms with Crippen molar-refractivity contribution >= 4 is 65.0 Å². The van der Waals surface area contributed by atoms with Crippen LogP contribution >= 0.6 is 0 Å². The van der Waals surface area contributed by atoms with Crippen molar-refractivity contribution in [2.75, 3.05) is 39.5 Å². The highest BCUT2D eigenvalue weighted by Crippen LogP contribution is 2.10. The van der Waals surface area contributed by atoms with Gasteiger partial charge < -0.3 is 96.3 Å². The Morgan fingerprint density at radius 3 is 1.13 bits per heavy atom. The monoisotopic (exact) mass is 1020 g/mol. The summed E-state index contributed by atoms with van der Waals surface area (Å²) < 4.78 is 0. The number of carboxylic acids is 1. The molecule has 10 atom stereocenters. The van der Waals surface area contributed by atoms with E-state index in [2.05, 4.69) is 47.9 Å². The van der Waals surface area contributed by atoms with Gasteiger partial charge in [0.2, 0.25) is 59.1 Å². The van der Waals surface area contributed by atoms with E-state index in [1.807, 2.05) is 0 Å². The minimum absolute atomic E-state index is 0.00357. The molecule has 0 saturated heterocycles. The van der Waals surface area contributed by atoms with Crippen molar-refractivity contribution in [3.8, 4) is 0 Å². The summed E-state index contributed by atoms with van der Waals surface area (Å²) in [5.74, 6) is -12.3. The van der Waals surface area contributed by atoms with Gasteiger partial charge in [0.25, 0.3) is 0 Å². The molecule has 10 amide bonds. The van der Waals surface area contributed by atoms with Crippen LogP contribution in [0.1, 0.15) is 86.0 Å². The van der Waals surface area contributed by atoms with E-state index in [-0.39, 0.29) is 38.8 Å². The number of nitrogens with one attached hydrogen (secondary N) is 9. The van der Waals surface area contributed by atoms with Crippen LogP contribution in [0, 0.1) is 11.8 Å². The Balaban J connectivity index is 6.06. The third-order valence-electron chi connectivity index (χ3n) is 10.7. The average Bonchev–Trinajstić information content (AvgIpc) is 3.31. The molecular weight excluding hydrogens is 943 g/mol. The summed E-state index contributed by atoms with van der Waals surface area (Å²) in [5, 5.41) is 69.3. The van der Waals surface area contributed by atoms with Crippen LogP contribution in [0.25, 0.3) is 0 Å². The molecule has 0 rings (SSSR count). The third kappa shape index (κ3) is 24.0. The van der Waals surface area contributed by atoms with E-state index in [9.17, 15) is 78.3 Å². The number of aliphatic carboxylic acids is 1. The zero-order valence-electron chi connectivity index (χ0n) is 40.9. The lowest BCUT2D eigenvalue weighted by molar-refractivity contribution is -0.143. The van der Waals surface area contributed by atoms with Crippen LogP contribution in [0.2, 0.25) is 0 Å². The number of carbonyl (C=O) groups excluding carboxylic acids is 10. The van der Waals surface area contributed by atoms with Crippen LogP contribution in [0.5, 0.6) is 0 Å². The lowest BCUT2D eigenvalue weighted by Crippen LogP contribution is -2.62. The van der Waals surface area contributed by atoms with Gasteiger partial charge in [0.15, 0.2) is 0 Å². The van der Waals surface area contributed by atoms with E-state index in [1.54, 1.807) is 27.7 Å². The number of nitrogens with two attached hydrogens (primary N) is 4. The third-order valence-corrected chi connectivity index (χ3v) is 10.7. The summed E-state index contributed by atoms with van der Waals surface area (Å²) in [7, 11) is 0. The molecule has 29 heteroatoms. The fourth-order valence-electron chi connectivity index (χ4n) is 6.32. The highest BCUT2D eigenvalue weighted by molar-refractivity contribution is 5.98. The number of primary amides is 1. The summed E-state index contributed by atoms with van der Waals surface area (Å²) >= 11 is 0. The first-order valence-corrected chi connectivity index (χ1v) is 23.2. The summed E-state index contributed by atoms with van der Waals surface area (Å²) in [6, 6.07) is -14.8. The Hall–Kier alpha value is -6.11. The molecule has 0 radical (unpaired) electrons. The lowest BCUT2D eigenvalue weighted by Gasteiger charge is -2.30. The molecule has 0 aliphatic carbocycles. The smallest absolute Gasteiger partial charge is 0.328 e. The van der Waals surface area contributed by atoms with Crippen molar-refractivity contribution in [3.05, 3.63) is 0 Å². The Bertz CT molecular complexity index is 1790. The van der Waals surface area contributed by atoms with Gasteiger partial charge in [-0.25, -0.2) is 4.79 Å². The molecule has 0 fully saturated rings. The molecule has 0 heterocycles. The van der Waals surface area contributed by atoms with E-state index < -0.39 is 164 Å². The van der Waals surface area contributed by atoms with Crippen LogP contribution in [-0.4, -0.2) is 191 Å². The van der Waals surface area contributed by atoms with Gasteiger partial charge in [-0.1, -0.05) is 27.7 Å². The molecule has 0 aliphatic heterocycles. The number of rotatable bonds is 36. The molecule has 71 heavy (non-hydrogen) atoms. The van der Waals surface area contributed by atoms with Crippen molar-refractivity contribution < 1.29 is 78.3 Å². The largest absolute Gasteiger partial charge is 0.480 e. The molecule has 406 valence electrons. The first-order valence-electron chi connectivity index (χ1n) is 23.2. The Morgan fingerprint density at radius 2 is 0.732 bits per heavy atom. The highest BCUT2D eigenvalue weighted by Gasteiger charge is 2.36. The molecule has 0 saturated carbocycles. The van der Waals surface area contributed by atoms with Gasteiger partial charge in [0.05, 0.1) is 32.5 Å². The predicted molar refractivity (Wildman–Crippen MR) is 251 cm³/mol. The second-order valence-electron chi connectivity index (χ2n) is 17.3. The second kappa shape index (κ2) is 34.3. The highest BCUT2D eigenvalue weighted by atomic mass is 16.4.